The number of hydrogen-bond donors (Lipinski definition) is 3. The van der Waals surface area contributed by atoms with Crippen LogP contribution in [0.1, 0.15) is 33.6 Å². The third kappa shape index (κ3) is 6.31. The smallest absolute Gasteiger partial charge is 0.408 e. The molecule has 0 spiro atoms. The van der Waals surface area contributed by atoms with Crippen molar-refractivity contribution in [1.82, 2.24) is 9.88 Å². The summed E-state index contributed by atoms with van der Waals surface area (Å²) in [6.07, 6.45) is -1.37. The molecular weight excluding hydrogens is 398 g/mol. The summed E-state index contributed by atoms with van der Waals surface area (Å²) >= 11 is 1.28. The fourth-order valence-corrected chi connectivity index (χ4v) is 3.72. The molecule has 0 saturated heterocycles. The summed E-state index contributed by atoms with van der Waals surface area (Å²) in [5.74, 6) is -0.952. The Balaban J connectivity index is 2.02. The zero-order valence-corrected chi connectivity index (χ0v) is 17.4. The van der Waals surface area contributed by atoms with Gasteiger partial charge >= 0.3 is 12.1 Å². The van der Waals surface area contributed by atoms with Gasteiger partial charge in [-0.1, -0.05) is 25.2 Å². The molecule has 2 rings (SSSR count). The van der Waals surface area contributed by atoms with Crippen molar-refractivity contribution < 1.29 is 29.3 Å². The van der Waals surface area contributed by atoms with Crippen molar-refractivity contribution in [1.29, 1.82) is 0 Å². The number of nitrogens with zero attached hydrogens (tertiary/aromatic N) is 2. The van der Waals surface area contributed by atoms with Crippen LogP contribution in [0.3, 0.4) is 0 Å². The fraction of sp³-hybridized carbons (Fsp3) is 0.474. The predicted molar refractivity (Wildman–Crippen MR) is 110 cm³/mol. The highest BCUT2D eigenvalue weighted by atomic mass is 32.1. The number of aromatic nitrogens is 1. The first-order valence-electron chi connectivity index (χ1n) is 9.26. The molecule has 0 aliphatic heterocycles. The Hall–Kier alpha value is -2.88. The van der Waals surface area contributed by atoms with Crippen molar-refractivity contribution in [3.63, 3.8) is 0 Å². The molecule has 0 bridgehead atoms. The van der Waals surface area contributed by atoms with E-state index < -0.39 is 24.0 Å². The third-order valence-corrected chi connectivity index (χ3v) is 5.03. The Labute approximate surface area is 172 Å². The van der Waals surface area contributed by atoms with Gasteiger partial charge in [0.25, 0.3) is 0 Å². The molecule has 29 heavy (non-hydrogen) atoms. The first kappa shape index (κ1) is 22.4. The lowest BCUT2D eigenvalue weighted by atomic mass is 10.0. The van der Waals surface area contributed by atoms with Gasteiger partial charge < -0.3 is 20.3 Å². The van der Waals surface area contributed by atoms with Crippen molar-refractivity contribution in [2.45, 2.75) is 39.7 Å². The summed E-state index contributed by atoms with van der Waals surface area (Å²) in [4.78, 5) is 40.4. The summed E-state index contributed by atoms with van der Waals surface area (Å²) in [5, 5.41) is 21.8. The van der Waals surface area contributed by atoms with E-state index in [1.54, 1.807) is 12.1 Å². The number of nitrogens with one attached hydrogen (secondary N) is 1. The van der Waals surface area contributed by atoms with Crippen LogP contribution in [-0.4, -0.2) is 57.3 Å². The van der Waals surface area contributed by atoms with Crippen LogP contribution < -0.4 is 10.1 Å². The number of fused-ring (bicyclic) bond motifs is 1. The van der Waals surface area contributed by atoms with Crippen LogP contribution >= 0.6 is 11.3 Å². The van der Waals surface area contributed by atoms with Gasteiger partial charge in [0.2, 0.25) is 5.91 Å². The van der Waals surface area contributed by atoms with E-state index in [2.05, 4.69) is 10.3 Å². The van der Waals surface area contributed by atoms with Crippen molar-refractivity contribution in [3.8, 4) is 5.75 Å². The SMILES string of the molecule is CCOc1ccc2nc(NC(=O)CCN(C(=O)O)[C@@H](CC(C)C)C(=O)O)sc2c1. The molecule has 3 N–H and O–H groups in total. The number of carbonyl (C=O) groups excluding carboxylic acids is 1. The molecule has 0 aliphatic carbocycles. The number of amides is 2. The number of hydrogen-bond acceptors (Lipinski definition) is 6. The zero-order chi connectivity index (χ0) is 21.6. The summed E-state index contributed by atoms with van der Waals surface area (Å²) in [7, 11) is 0. The Morgan fingerprint density at radius 1 is 1.28 bits per heavy atom. The van der Waals surface area contributed by atoms with Gasteiger partial charge in [0, 0.05) is 13.0 Å². The lowest BCUT2D eigenvalue weighted by molar-refractivity contribution is -0.143. The van der Waals surface area contributed by atoms with Crippen LogP contribution in [0.4, 0.5) is 9.93 Å². The minimum Gasteiger partial charge on any atom is -0.494 e. The third-order valence-electron chi connectivity index (χ3n) is 4.10. The van der Waals surface area contributed by atoms with E-state index in [0.717, 1.165) is 9.60 Å². The van der Waals surface area contributed by atoms with Crippen molar-refractivity contribution in [2.75, 3.05) is 18.5 Å². The first-order chi connectivity index (χ1) is 13.7. The van der Waals surface area contributed by atoms with E-state index in [0.29, 0.717) is 23.0 Å². The van der Waals surface area contributed by atoms with Gasteiger partial charge in [-0.3, -0.25) is 9.69 Å². The summed E-state index contributed by atoms with van der Waals surface area (Å²) in [6.45, 7) is 5.84. The zero-order valence-electron chi connectivity index (χ0n) is 16.5. The highest BCUT2D eigenvalue weighted by molar-refractivity contribution is 7.22. The molecule has 2 amide bonds. The lowest BCUT2D eigenvalue weighted by Crippen LogP contribution is -2.46. The second kappa shape index (κ2) is 10.1. The minimum atomic E-state index is -1.37. The number of thiazole rings is 1. The molecule has 2 aromatic rings. The van der Waals surface area contributed by atoms with E-state index in [1.165, 1.54) is 11.3 Å². The maximum Gasteiger partial charge on any atom is 0.408 e. The predicted octanol–water partition coefficient (Wildman–Crippen LogP) is 3.50. The second-order valence-corrected chi connectivity index (χ2v) is 7.87. The molecule has 0 saturated carbocycles. The van der Waals surface area contributed by atoms with Gasteiger partial charge in [-0.15, -0.1) is 0 Å². The molecule has 9 nitrogen and oxygen atoms in total. The summed E-state index contributed by atoms with van der Waals surface area (Å²) < 4.78 is 6.29. The average molecular weight is 423 g/mol. The van der Waals surface area contributed by atoms with Crippen LogP contribution in [0.15, 0.2) is 18.2 Å². The largest absolute Gasteiger partial charge is 0.494 e. The van der Waals surface area contributed by atoms with Gasteiger partial charge in [-0.25, -0.2) is 14.6 Å². The topological polar surface area (TPSA) is 129 Å². The molecule has 0 aliphatic rings. The van der Waals surface area contributed by atoms with Gasteiger partial charge in [0.15, 0.2) is 5.13 Å². The van der Waals surface area contributed by atoms with Crippen molar-refractivity contribution in [3.05, 3.63) is 18.2 Å². The van der Waals surface area contributed by atoms with Crippen LogP contribution in [0.2, 0.25) is 0 Å². The standard InChI is InChI=1S/C19H25N3O6S/c1-4-28-12-5-6-13-15(10-12)29-18(20-13)21-16(23)7-8-22(19(26)27)14(17(24)25)9-11(2)3/h5-6,10-11,14H,4,7-9H2,1-3H3,(H,24,25)(H,26,27)(H,20,21,23)/t14-/m0/s1. The molecule has 1 heterocycles. The molecule has 0 unspecified atom stereocenters. The number of ether oxygens (including phenoxy) is 1. The molecule has 1 aromatic carbocycles. The van der Waals surface area contributed by atoms with E-state index in [1.807, 2.05) is 26.8 Å². The van der Waals surface area contributed by atoms with E-state index in [-0.39, 0.29) is 25.3 Å². The van der Waals surface area contributed by atoms with Crippen LogP contribution in [0.5, 0.6) is 5.75 Å². The van der Waals surface area contributed by atoms with Crippen LogP contribution in [-0.2, 0) is 9.59 Å². The van der Waals surface area contributed by atoms with Gasteiger partial charge in [-0.2, -0.15) is 0 Å². The number of anilines is 1. The molecule has 1 aromatic heterocycles. The Morgan fingerprint density at radius 2 is 2.00 bits per heavy atom. The Kier molecular flexibility index (Phi) is 7.77. The van der Waals surface area contributed by atoms with Crippen molar-refractivity contribution in [2.24, 2.45) is 5.92 Å². The van der Waals surface area contributed by atoms with Crippen LogP contribution in [0, 0.1) is 5.92 Å². The Bertz CT molecular complexity index is 882. The maximum absolute atomic E-state index is 12.3. The molecule has 0 fully saturated rings. The Morgan fingerprint density at radius 3 is 2.59 bits per heavy atom. The minimum absolute atomic E-state index is 0.00361. The summed E-state index contributed by atoms with van der Waals surface area (Å²) in [5.41, 5.74) is 0.712. The van der Waals surface area contributed by atoms with Crippen LogP contribution in [0.25, 0.3) is 10.2 Å². The second-order valence-electron chi connectivity index (χ2n) is 6.84. The maximum atomic E-state index is 12.3. The normalized spacial score (nSPS) is 12.0. The number of carbonyl (C=O) groups is 3. The fourth-order valence-electron chi connectivity index (χ4n) is 2.81. The highest BCUT2D eigenvalue weighted by Gasteiger charge is 2.30. The van der Waals surface area contributed by atoms with Gasteiger partial charge in [0.05, 0.1) is 16.8 Å². The monoisotopic (exact) mass is 423 g/mol. The average Bonchev–Trinajstić information content (AvgIpc) is 3.01. The van der Waals surface area contributed by atoms with Gasteiger partial charge in [0.1, 0.15) is 11.8 Å². The lowest BCUT2D eigenvalue weighted by Gasteiger charge is -2.27. The summed E-state index contributed by atoms with van der Waals surface area (Å²) in [6, 6.07) is 4.23. The van der Waals surface area contributed by atoms with E-state index in [4.69, 9.17) is 4.74 Å². The number of benzene rings is 1. The number of carboxylic acids is 1. The number of rotatable bonds is 10. The molecule has 158 valence electrons. The van der Waals surface area contributed by atoms with Crippen molar-refractivity contribution >= 4 is 44.7 Å². The first-order valence-corrected chi connectivity index (χ1v) is 10.1. The van der Waals surface area contributed by atoms with E-state index >= 15 is 0 Å². The van der Waals surface area contributed by atoms with Gasteiger partial charge in [-0.05, 0) is 37.5 Å². The number of aliphatic carboxylic acids is 1. The molecule has 0 radical (unpaired) electrons. The highest BCUT2D eigenvalue weighted by Crippen LogP contribution is 2.29. The molecule has 1 atom stereocenters. The van der Waals surface area contributed by atoms with E-state index in [9.17, 15) is 24.6 Å². The molecule has 10 heteroatoms. The molecular formula is C19H25N3O6S. The number of carboxylic acid groups (broad SMARTS) is 2. The quantitative estimate of drug-likeness (QED) is 0.533.